The molecule has 3 saturated heterocycles. The van der Waals surface area contributed by atoms with E-state index in [1.165, 1.54) is 68.7 Å². The lowest BCUT2D eigenvalue weighted by atomic mass is 9.88. The maximum atomic E-state index is 13.9. The molecular formula is C35H50N4O3S. The molecule has 0 aliphatic carbocycles. The number of carbonyl (C=O) groups excluding carboxylic acids is 1. The molecule has 0 atom stereocenters. The second-order valence-electron chi connectivity index (χ2n) is 13.5. The summed E-state index contributed by atoms with van der Waals surface area (Å²) >= 11 is 1.78. The zero-order chi connectivity index (χ0) is 30.1. The van der Waals surface area contributed by atoms with Crippen molar-refractivity contribution >= 4 is 27.5 Å². The zero-order valence-corrected chi connectivity index (χ0v) is 27.7. The number of piperazine rings is 1. The SMILES string of the molecule is COCCOCCN1CCN(CCc2c(-c3cc(C)cc(C)c3)[nH]c3sc(C(C)(C)C(=O)N4C5CCC4CC5)cc23)CC1. The number of benzene rings is 1. The summed E-state index contributed by atoms with van der Waals surface area (Å²) in [6.07, 6.45) is 5.70. The molecule has 234 valence electrons. The Morgan fingerprint density at radius 2 is 1.53 bits per heavy atom. The van der Waals surface area contributed by atoms with Gasteiger partial charge >= 0.3 is 0 Å². The highest BCUT2D eigenvalue weighted by molar-refractivity contribution is 7.19. The number of aromatic nitrogens is 1. The van der Waals surface area contributed by atoms with Crippen LogP contribution in [0.25, 0.3) is 21.5 Å². The van der Waals surface area contributed by atoms with Crippen molar-refractivity contribution in [3.05, 3.63) is 45.8 Å². The highest BCUT2D eigenvalue weighted by atomic mass is 32.1. The molecule has 3 fully saturated rings. The topological polar surface area (TPSA) is 61.0 Å². The van der Waals surface area contributed by atoms with Crippen LogP contribution in [0.5, 0.6) is 0 Å². The molecule has 2 aromatic heterocycles. The van der Waals surface area contributed by atoms with E-state index in [-0.39, 0.29) is 0 Å². The maximum Gasteiger partial charge on any atom is 0.233 e. The van der Waals surface area contributed by atoms with Gasteiger partial charge in [-0.25, -0.2) is 0 Å². The largest absolute Gasteiger partial charge is 0.382 e. The third-order valence-corrected chi connectivity index (χ3v) is 11.4. The Balaban J connectivity index is 1.20. The number of aryl methyl sites for hydroxylation is 2. The molecule has 6 rings (SSSR count). The summed E-state index contributed by atoms with van der Waals surface area (Å²) in [5.41, 5.74) is 5.95. The monoisotopic (exact) mass is 606 g/mol. The number of hydrogen-bond acceptors (Lipinski definition) is 6. The lowest BCUT2D eigenvalue weighted by Crippen LogP contribution is -2.47. The molecule has 7 nitrogen and oxygen atoms in total. The van der Waals surface area contributed by atoms with Gasteiger partial charge in [-0.15, -0.1) is 11.3 Å². The molecule has 43 heavy (non-hydrogen) atoms. The van der Waals surface area contributed by atoms with Crippen LogP contribution in [0.2, 0.25) is 0 Å². The Kier molecular flexibility index (Phi) is 9.32. The first-order valence-corrected chi connectivity index (χ1v) is 17.1. The standard InChI is InChI=1S/C35H50N4O3S/c1-24-20-25(2)22-26(21-24)32-29(10-11-37-12-14-38(15-13-37)16-17-42-19-18-41-5)30-23-31(43-33(30)36-32)35(3,4)34(40)39-27-6-7-28(39)9-8-27/h20-23,27-28,36H,6-19H2,1-5H3. The number of aromatic amines is 1. The van der Waals surface area contributed by atoms with E-state index in [0.717, 1.165) is 52.3 Å². The van der Waals surface area contributed by atoms with Gasteiger partial charge in [0.2, 0.25) is 5.91 Å². The molecule has 3 aliphatic heterocycles. The zero-order valence-electron chi connectivity index (χ0n) is 26.8. The van der Waals surface area contributed by atoms with Gasteiger partial charge in [0.15, 0.2) is 0 Å². The Labute approximate surface area is 261 Å². The Morgan fingerprint density at radius 3 is 2.16 bits per heavy atom. The van der Waals surface area contributed by atoms with Crippen molar-refractivity contribution in [1.29, 1.82) is 0 Å². The van der Waals surface area contributed by atoms with E-state index in [1.807, 2.05) is 0 Å². The fourth-order valence-electron chi connectivity index (χ4n) is 7.58. The number of nitrogens with one attached hydrogen (secondary N) is 1. The van der Waals surface area contributed by atoms with Crippen LogP contribution in [0.4, 0.5) is 0 Å². The molecule has 5 heterocycles. The van der Waals surface area contributed by atoms with Crippen molar-refractivity contribution in [1.82, 2.24) is 19.7 Å². The minimum absolute atomic E-state index is 0.319. The predicted octanol–water partition coefficient (Wildman–Crippen LogP) is 5.77. The van der Waals surface area contributed by atoms with E-state index in [0.29, 0.717) is 31.2 Å². The van der Waals surface area contributed by atoms with Crippen LogP contribution in [0, 0.1) is 13.8 Å². The van der Waals surface area contributed by atoms with Crippen molar-refractivity contribution in [3.8, 4) is 11.3 Å². The predicted molar refractivity (Wildman–Crippen MR) is 176 cm³/mol. The van der Waals surface area contributed by atoms with Crippen LogP contribution in [0.1, 0.15) is 61.1 Å². The van der Waals surface area contributed by atoms with Gasteiger partial charge in [0.05, 0.1) is 30.9 Å². The summed E-state index contributed by atoms with van der Waals surface area (Å²) in [7, 11) is 1.71. The van der Waals surface area contributed by atoms with Crippen molar-refractivity contribution in [3.63, 3.8) is 0 Å². The summed E-state index contributed by atoms with van der Waals surface area (Å²) in [6.45, 7) is 17.1. The van der Waals surface area contributed by atoms with Gasteiger partial charge < -0.3 is 24.3 Å². The van der Waals surface area contributed by atoms with E-state index >= 15 is 0 Å². The van der Waals surface area contributed by atoms with Crippen LogP contribution in [-0.2, 0) is 26.1 Å². The average Bonchev–Trinajstić information content (AvgIpc) is 3.76. The second-order valence-corrected chi connectivity index (χ2v) is 14.6. The van der Waals surface area contributed by atoms with Crippen LogP contribution < -0.4 is 0 Å². The first kappa shape index (κ1) is 30.8. The van der Waals surface area contributed by atoms with Crippen molar-refractivity contribution in [2.24, 2.45) is 0 Å². The number of carbonyl (C=O) groups is 1. The van der Waals surface area contributed by atoms with Crippen LogP contribution in [-0.4, -0.2) is 104 Å². The van der Waals surface area contributed by atoms with Gasteiger partial charge in [-0.05, 0) is 89.1 Å². The number of methoxy groups -OCH3 is 1. The smallest absolute Gasteiger partial charge is 0.233 e. The highest BCUT2D eigenvalue weighted by Crippen LogP contribution is 2.44. The number of ether oxygens (including phenoxy) is 2. The Bertz CT molecular complexity index is 1380. The second kappa shape index (κ2) is 13.0. The van der Waals surface area contributed by atoms with E-state index in [1.54, 1.807) is 18.4 Å². The number of thiophene rings is 1. The maximum absolute atomic E-state index is 13.9. The molecular weight excluding hydrogens is 556 g/mol. The third-order valence-electron chi connectivity index (χ3n) is 10.1. The highest BCUT2D eigenvalue weighted by Gasteiger charge is 2.47. The number of nitrogens with zero attached hydrogens (tertiary/aromatic N) is 3. The summed E-state index contributed by atoms with van der Waals surface area (Å²) in [5, 5.41) is 1.30. The fourth-order valence-corrected chi connectivity index (χ4v) is 8.77. The van der Waals surface area contributed by atoms with Gasteiger partial charge in [0.1, 0.15) is 4.83 Å². The van der Waals surface area contributed by atoms with Crippen molar-refractivity contribution in [2.75, 3.05) is 66.2 Å². The number of H-pyrrole nitrogens is 1. The molecule has 0 spiro atoms. The minimum Gasteiger partial charge on any atom is -0.382 e. The van der Waals surface area contributed by atoms with Crippen molar-refractivity contribution < 1.29 is 14.3 Å². The summed E-state index contributed by atoms with van der Waals surface area (Å²) in [6, 6.07) is 10.1. The van der Waals surface area contributed by atoms with Crippen molar-refractivity contribution in [2.45, 2.75) is 77.3 Å². The molecule has 1 aromatic carbocycles. The lowest BCUT2D eigenvalue weighted by Gasteiger charge is -2.34. The van der Waals surface area contributed by atoms with Gasteiger partial charge in [0, 0.05) is 68.7 Å². The van der Waals surface area contributed by atoms with Gasteiger partial charge in [0.25, 0.3) is 0 Å². The van der Waals surface area contributed by atoms with E-state index in [4.69, 9.17) is 9.47 Å². The molecule has 0 radical (unpaired) electrons. The summed E-state index contributed by atoms with van der Waals surface area (Å²) in [5.74, 6) is 0.319. The Hall–Kier alpha value is -2.23. The number of rotatable bonds is 12. The van der Waals surface area contributed by atoms with E-state index in [2.05, 4.69) is 71.6 Å². The van der Waals surface area contributed by atoms with E-state index in [9.17, 15) is 4.79 Å². The van der Waals surface area contributed by atoms with Gasteiger partial charge in [-0.3, -0.25) is 9.69 Å². The molecule has 0 unspecified atom stereocenters. The molecule has 8 heteroatoms. The molecule has 3 aliphatic rings. The van der Waals surface area contributed by atoms with Crippen LogP contribution >= 0.6 is 11.3 Å². The first-order chi connectivity index (χ1) is 20.7. The molecule has 0 saturated carbocycles. The third kappa shape index (κ3) is 6.45. The average molecular weight is 607 g/mol. The minimum atomic E-state index is -0.517. The summed E-state index contributed by atoms with van der Waals surface area (Å²) < 4.78 is 10.8. The molecule has 1 N–H and O–H groups in total. The lowest BCUT2D eigenvalue weighted by molar-refractivity contribution is -0.137. The molecule has 1 amide bonds. The molecule has 3 aromatic rings. The first-order valence-electron chi connectivity index (χ1n) is 16.3. The van der Waals surface area contributed by atoms with Gasteiger partial charge in [-0.2, -0.15) is 0 Å². The van der Waals surface area contributed by atoms with Crippen LogP contribution in [0.3, 0.4) is 0 Å². The normalized spacial score (nSPS) is 21.5. The number of amides is 1. The molecule has 2 bridgehead atoms. The van der Waals surface area contributed by atoms with E-state index < -0.39 is 5.41 Å². The van der Waals surface area contributed by atoms with Crippen LogP contribution in [0.15, 0.2) is 24.3 Å². The number of fused-ring (bicyclic) bond motifs is 3. The summed E-state index contributed by atoms with van der Waals surface area (Å²) in [4.78, 5) is 27.5. The van der Waals surface area contributed by atoms with Gasteiger partial charge in [-0.1, -0.05) is 17.2 Å². The number of hydrogen-bond donors (Lipinski definition) is 1. The fraction of sp³-hybridized carbons (Fsp3) is 0.629. The quantitative estimate of drug-likeness (QED) is 0.266. The Morgan fingerprint density at radius 1 is 0.907 bits per heavy atom.